The minimum absolute atomic E-state index is 0.187. The van der Waals surface area contributed by atoms with Crippen molar-refractivity contribution in [2.24, 2.45) is 0 Å². The van der Waals surface area contributed by atoms with Gasteiger partial charge in [0.05, 0.1) is 13.0 Å². The third-order valence-corrected chi connectivity index (χ3v) is 2.70. The molecule has 22 heavy (non-hydrogen) atoms. The van der Waals surface area contributed by atoms with Crippen molar-refractivity contribution in [2.45, 2.75) is 18.6 Å². The van der Waals surface area contributed by atoms with E-state index in [4.69, 9.17) is 0 Å². The normalized spacial score (nSPS) is 12.6. The fraction of sp³-hybridized carbons (Fsp3) is 0.385. The number of urea groups is 1. The smallest absolute Gasteiger partial charge is 0.341 e. The summed E-state index contributed by atoms with van der Waals surface area (Å²) >= 11 is 0. The van der Waals surface area contributed by atoms with Crippen molar-refractivity contribution in [1.29, 1.82) is 0 Å². The van der Waals surface area contributed by atoms with Crippen molar-refractivity contribution in [3.63, 3.8) is 0 Å². The van der Waals surface area contributed by atoms with Gasteiger partial charge >= 0.3 is 12.2 Å². The summed E-state index contributed by atoms with van der Waals surface area (Å²) in [6.45, 7) is -0.495. The van der Waals surface area contributed by atoms with E-state index in [-0.39, 0.29) is 5.56 Å². The molecule has 0 radical (unpaired) electrons. The number of carbonyl (C=O) groups excluding carboxylic acids is 2. The number of halogens is 4. The van der Waals surface area contributed by atoms with E-state index < -0.39 is 42.9 Å². The third kappa shape index (κ3) is 6.53. The first-order valence-corrected chi connectivity index (χ1v) is 6.28. The number of amides is 3. The topological polar surface area (TPSA) is 70.2 Å². The van der Waals surface area contributed by atoms with Crippen LogP contribution in [0.25, 0.3) is 0 Å². The van der Waals surface area contributed by atoms with Crippen molar-refractivity contribution in [2.75, 3.05) is 13.6 Å². The molecule has 1 atom stereocenters. The molecule has 122 valence electrons. The number of alkyl halides is 3. The molecule has 3 amide bonds. The van der Waals surface area contributed by atoms with E-state index in [0.29, 0.717) is 0 Å². The van der Waals surface area contributed by atoms with Crippen molar-refractivity contribution in [3.05, 3.63) is 35.6 Å². The quantitative estimate of drug-likeness (QED) is 0.725. The summed E-state index contributed by atoms with van der Waals surface area (Å²) in [5.41, 5.74) is 0.187. The van der Waals surface area contributed by atoms with E-state index in [1.165, 1.54) is 19.2 Å². The molecule has 0 aliphatic rings. The van der Waals surface area contributed by atoms with Crippen molar-refractivity contribution in [1.82, 2.24) is 16.0 Å². The molecule has 1 aromatic rings. The minimum atomic E-state index is -4.47. The predicted octanol–water partition coefficient (Wildman–Crippen LogP) is 1.86. The SMILES string of the molecule is CNC(=O)NC(=O)CN[C@@H](CC(F)(F)F)c1ccc(F)cc1. The number of hydrogen-bond donors (Lipinski definition) is 3. The van der Waals surface area contributed by atoms with Gasteiger partial charge in [0.15, 0.2) is 0 Å². The van der Waals surface area contributed by atoms with Gasteiger partial charge in [0.2, 0.25) is 5.91 Å². The molecule has 0 aliphatic heterocycles. The first-order valence-electron chi connectivity index (χ1n) is 6.28. The van der Waals surface area contributed by atoms with Crippen LogP contribution in [0, 0.1) is 5.82 Å². The lowest BCUT2D eigenvalue weighted by atomic mass is 10.0. The number of imide groups is 1. The van der Waals surface area contributed by atoms with Crippen LogP contribution in [0.3, 0.4) is 0 Å². The Bertz CT molecular complexity index is 517. The van der Waals surface area contributed by atoms with Crippen LogP contribution < -0.4 is 16.0 Å². The summed E-state index contributed by atoms with van der Waals surface area (Å²) in [6.07, 6.45) is -5.70. The van der Waals surface area contributed by atoms with E-state index in [1.807, 2.05) is 5.32 Å². The van der Waals surface area contributed by atoms with Gasteiger partial charge in [-0.15, -0.1) is 0 Å². The molecule has 1 rings (SSSR count). The molecule has 0 aromatic heterocycles. The van der Waals surface area contributed by atoms with Gasteiger partial charge in [-0.3, -0.25) is 10.1 Å². The van der Waals surface area contributed by atoms with E-state index >= 15 is 0 Å². The number of hydrogen-bond acceptors (Lipinski definition) is 3. The Kier molecular flexibility index (Phi) is 6.29. The predicted molar refractivity (Wildman–Crippen MR) is 70.4 cm³/mol. The molecule has 0 saturated heterocycles. The lowest BCUT2D eigenvalue weighted by Gasteiger charge is -2.20. The highest BCUT2D eigenvalue weighted by Gasteiger charge is 2.32. The first-order chi connectivity index (χ1) is 10.2. The van der Waals surface area contributed by atoms with E-state index in [2.05, 4.69) is 10.6 Å². The van der Waals surface area contributed by atoms with Gasteiger partial charge in [-0.25, -0.2) is 9.18 Å². The van der Waals surface area contributed by atoms with Gasteiger partial charge < -0.3 is 10.6 Å². The standard InChI is InChI=1S/C13H15F4N3O2/c1-18-12(22)20-11(21)7-19-10(6-13(15,16)17)8-2-4-9(14)5-3-8/h2-5,10,19H,6-7H2,1H3,(H2,18,20,21,22)/t10-/m0/s1. The average Bonchev–Trinajstić information content (AvgIpc) is 2.43. The Morgan fingerprint density at radius 3 is 2.27 bits per heavy atom. The van der Waals surface area contributed by atoms with Crippen LogP contribution in [-0.4, -0.2) is 31.7 Å². The van der Waals surface area contributed by atoms with E-state index in [0.717, 1.165) is 12.1 Å². The molecule has 3 N–H and O–H groups in total. The van der Waals surface area contributed by atoms with Gasteiger partial charge in [-0.2, -0.15) is 13.2 Å². The van der Waals surface area contributed by atoms with Gasteiger partial charge in [0.25, 0.3) is 0 Å². The lowest BCUT2D eigenvalue weighted by Crippen LogP contribution is -2.43. The molecule has 1 aromatic carbocycles. The Labute approximate surface area is 124 Å². The molecule has 0 unspecified atom stereocenters. The van der Waals surface area contributed by atoms with Gasteiger partial charge in [-0.05, 0) is 17.7 Å². The highest BCUT2D eigenvalue weighted by atomic mass is 19.4. The molecule has 9 heteroatoms. The highest BCUT2D eigenvalue weighted by Crippen LogP contribution is 2.29. The number of carbonyl (C=O) groups is 2. The second kappa shape index (κ2) is 7.74. The lowest BCUT2D eigenvalue weighted by molar-refractivity contribution is -0.141. The Morgan fingerprint density at radius 1 is 1.18 bits per heavy atom. The minimum Gasteiger partial charge on any atom is -0.341 e. The fourth-order valence-corrected chi connectivity index (χ4v) is 1.68. The van der Waals surface area contributed by atoms with Crippen LogP contribution in [0.5, 0.6) is 0 Å². The summed E-state index contributed by atoms with van der Waals surface area (Å²) in [5.74, 6) is -1.36. The maximum atomic E-state index is 12.8. The van der Waals surface area contributed by atoms with Crippen molar-refractivity contribution >= 4 is 11.9 Å². The van der Waals surface area contributed by atoms with Crippen LogP contribution in [0.15, 0.2) is 24.3 Å². The molecule has 0 fully saturated rings. The zero-order valence-corrected chi connectivity index (χ0v) is 11.6. The van der Waals surface area contributed by atoms with Crippen LogP contribution >= 0.6 is 0 Å². The monoisotopic (exact) mass is 321 g/mol. The number of rotatable bonds is 5. The fourth-order valence-electron chi connectivity index (χ4n) is 1.68. The summed E-state index contributed by atoms with van der Waals surface area (Å²) < 4.78 is 50.6. The van der Waals surface area contributed by atoms with Gasteiger partial charge in [0.1, 0.15) is 5.82 Å². The molecular formula is C13H15F4N3O2. The first kappa shape index (κ1) is 17.9. The zero-order valence-electron chi connectivity index (χ0n) is 11.6. The molecule has 0 spiro atoms. The molecular weight excluding hydrogens is 306 g/mol. The highest BCUT2D eigenvalue weighted by molar-refractivity contribution is 5.95. The van der Waals surface area contributed by atoms with E-state index in [1.54, 1.807) is 0 Å². The second-order valence-corrected chi connectivity index (χ2v) is 4.43. The van der Waals surface area contributed by atoms with E-state index in [9.17, 15) is 27.2 Å². The second-order valence-electron chi connectivity index (χ2n) is 4.43. The van der Waals surface area contributed by atoms with Crippen LogP contribution in [0.4, 0.5) is 22.4 Å². The summed E-state index contributed by atoms with van der Waals surface area (Å²) in [7, 11) is 1.29. The Hall–Kier alpha value is -2.16. The Balaban J connectivity index is 2.72. The number of nitrogens with one attached hydrogen (secondary N) is 3. The summed E-state index contributed by atoms with van der Waals surface area (Å²) in [6, 6.07) is 2.48. The molecule has 5 nitrogen and oxygen atoms in total. The molecule has 0 heterocycles. The average molecular weight is 321 g/mol. The van der Waals surface area contributed by atoms with Gasteiger partial charge in [0, 0.05) is 13.1 Å². The van der Waals surface area contributed by atoms with Gasteiger partial charge in [-0.1, -0.05) is 12.1 Å². The number of benzene rings is 1. The van der Waals surface area contributed by atoms with Crippen LogP contribution in [-0.2, 0) is 4.79 Å². The largest absolute Gasteiger partial charge is 0.390 e. The van der Waals surface area contributed by atoms with Crippen molar-refractivity contribution < 1.29 is 27.2 Å². The third-order valence-electron chi connectivity index (χ3n) is 2.70. The summed E-state index contributed by atoms with van der Waals surface area (Å²) in [4.78, 5) is 22.3. The zero-order chi connectivity index (χ0) is 16.8. The maximum absolute atomic E-state index is 12.8. The van der Waals surface area contributed by atoms with Crippen LogP contribution in [0.2, 0.25) is 0 Å². The maximum Gasteiger partial charge on any atom is 0.390 e. The summed E-state index contributed by atoms with van der Waals surface area (Å²) in [5, 5.41) is 6.46. The molecule has 0 saturated carbocycles. The molecule has 0 aliphatic carbocycles. The van der Waals surface area contributed by atoms with Crippen LogP contribution in [0.1, 0.15) is 18.0 Å². The Morgan fingerprint density at radius 2 is 1.77 bits per heavy atom. The molecule has 0 bridgehead atoms. The van der Waals surface area contributed by atoms with Crippen molar-refractivity contribution in [3.8, 4) is 0 Å².